The molecule has 18 heavy (non-hydrogen) atoms. The number of hydrogen-bond donors (Lipinski definition) is 2. The molecule has 3 unspecified atom stereocenters. The van der Waals surface area contributed by atoms with Crippen LogP contribution in [0.1, 0.15) is 25.7 Å². The molecule has 2 bridgehead atoms. The minimum atomic E-state index is -3.42. The van der Waals surface area contributed by atoms with E-state index in [1.54, 1.807) is 0 Å². The summed E-state index contributed by atoms with van der Waals surface area (Å²) in [5.74, 6) is 0.310. The molecule has 106 valence electrons. The zero-order chi connectivity index (χ0) is 13.2. The van der Waals surface area contributed by atoms with Crippen LogP contribution in [0.5, 0.6) is 0 Å². The highest BCUT2D eigenvalue weighted by atomic mass is 32.2. The van der Waals surface area contributed by atoms with Crippen molar-refractivity contribution in [3.8, 4) is 0 Å². The van der Waals surface area contributed by atoms with Gasteiger partial charge in [-0.15, -0.1) is 0 Å². The van der Waals surface area contributed by atoms with Crippen molar-refractivity contribution in [3.63, 3.8) is 0 Å². The highest BCUT2D eigenvalue weighted by molar-refractivity contribution is 7.87. The summed E-state index contributed by atoms with van der Waals surface area (Å²) in [4.78, 5) is 0. The van der Waals surface area contributed by atoms with Crippen molar-refractivity contribution in [2.24, 2.45) is 5.92 Å². The Morgan fingerprint density at radius 1 is 1.44 bits per heavy atom. The van der Waals surface area contributed by atoms with Crippen molar-refractivity contribution in [2.75, 3.05) is 26.7 Å². The van der Waals surface area contributed by atoms with E-state index in [2.05, 4.69) is 4.72 Å². The summed E-state index contributed by atoms with van der Waals surface area (Å²) >= 11 is 0. The molecule has 2 aliphatic rings. The van der Waals surface area contributed by atoms with Gasteiger partial charge in [0.05, 0.1) is 12.2 Å². The van der Waals surface area contributed by atoms with Gasteiger partial charge < -0.3 is 9.84 Å². The van der Waals surface area contributed by atoms with Crippen LogP contribution in [-0.4, -0.2) is 56.8 Å². The lowest BCUT2D eigenvalue weighted by Crippen LogP contribution is -2.42. The Morgan fingerprint density at radius 3 is 2.78 bits per heavy atom. The molecule has 3 atom stereocenters. The number of aliphatic hydroxyl groups is 1. The largest absolute Gasteiger partial charge is 0.396 e. The molecule has 2 aliphatic heterocycles. The summed E-state index contributed by atoms with van der Waals surface area (Å²) in [7, 11) is -1.90. The first-order valence-electron chi connectivity index (χ1n) is 6.50. The Morgan fingerprint density at radius 2 is 2.22 bits per heavy atom. The lowest BCUT2D eigenvalue weighted by Gasteiger charge is -2.22. The van der Waals surface area contributed by atoms with Crippen LogP contribution in [0, 0.1) is 5.92 Å². The van der Waals surface area contributed by atoms with Gasteiger partial charge in [0.2, 0.25) is 0 Å². The lowest BCUT2D eigenvalue weighted by atomic mass is 9.89. The second-order valence-corrected chi connectivity index (χ2v) is 6.98. The van der Waals surface area contributed by atoms with E-state index >= 15 is 0 Å². The molecule has 2 rings (SSSR count). The summed E-state index contributed by atoms with van der Waals surface area (Å²) in [6, 6.07) is 0. The van der Waals surface area contributed by atoms with Gasteiger partial charge in [0.25, 0.3) is 10.2 Å². The van der Waals surface area contributed by atoms with E-state index < -0.39 is 10.2 Å². The average molecular weight is 278 g/mol. The van der Waals surface area contributed by atoms with Crippen molar-refractivity contribution in [1.82, 2.24) is 9.03 Å². The average Bonchev–Trinajstić information content (AvgIpc) is 2.95. The smallest absolute Gasteiger partial charge is 0.279 e. The summed E-state index contributed by atoms with van der Waals surface area (Å²) in [5, 5.41) is 8.70. The van der Waals surface area contributed by atoms with Crippen LogP contribution < -0.4 is 4.72 Å². The maximum atomic E-state index is 11.9. The Bertz CT molecular complexity index is 373. The van der Waals surface area contributed by atoms with E-state index in [1.165, 1.54) is 11.4 Å². The van der Waals surface area contributed by atoms with Crippen LogP contribution in [0.25, 0.3) is 0 Å². The van der Waals surface area contributed by atoms with Gasteiger partial charge in [-0.05, 0) is 25.7 Å². The minimum absolute atomic E-state index is 0.0000784. The molecule has 2 N–H and O–H groups in total. The quantitative estimate of drug-likeness (QED) is 0.670. The van der Waals surface area contributed by atoms with E-state index in [1.807, 2.05) is 0 Å². The molecule has 0 aromatic heterocycles. The summed E-state index contributed by atoms with van der Waals surface area (Å²) < 4.78 is 33.4. The van der Waals surface area contributed by atoms with Gasteiger partial charge >= 0.3 is 0 Å². The van der Waals surface area contributed by atoms with Crippen molar-refractivity contribution >= 4 is 10.2 Å². The molecule has 2 fully saturated rings. The molecule has 2 heterocycles. The third kappa shape index (κ3) is 3.21. The molecule has 6 nitrogen and oxygen atoms in total. The summed E-state index contributed by atoms with van der Waals surface area (Å²) in [5.41, 5.74) is 0. The van der Waals surface area contributed by atoms with E-state index in [4.69, 9.17) is 9.84 Å². The number of hydrogen-bond acceptors (Lipinski definition) is 4. The molecular weight excluding hydrogens is 256 g/mol. The third-order valence-electron chi connectivity index (χ3n) is 3.80. The first kappa shape index (κ1) is 14.2. The molecule has 0 aromatic carbocycles. The van der Waals surface area contributed by atoms with Gasteiger partial charge in [-0.25, -0.2) is 4.72 Å². The number of ether oxygens (including phenoxy) is 1. The molecule has 7 heteroatoms. The minimum Gasteiger partial charge on any atom is -0.396 e. The van der Waals surface area contributed by atoms with Crippen molar-refractivity contribution in [1.29, 1.82) is 0 Å². The van der Waals surface area contributed by atoms with Crippen LogP contribution >= 0.6 is 0 Å². The van der Waals surface area contributed by atoms with Crippen LogP contribution in [0.4, 0.5) is 0 Å². The Kier molecular flexibility index (Phi) is 4.60. The molecule has 0 radical (unpaired) electrons. The Balaban J connectivity index is 1.78. The van der Waals surface area contributed by atoms with Gasteiger partial charge in [-0.1, -0.05) is 0 Å². The number of fused-ring (bicyclic) bond motifs is 2. The molecule has 0 spiro atoms. The van der Waals surface area contributed by atoms with Gasteiger partial charge in [0.15, 0.2) is 0 Å². The molecule has 0 saturated carbocycles. The summed E-state index contributed by atoms with van der Waals surface area (Å²) in [6.07, 6.45) is 4.17. The van der Waals surface area contributed by atoms with Crippen LogP contribution in [-0.2, 0) is 14.9 Å². The second kappa shape index (κ2) is 5.83. The van der Waals surface area contributed by atoms with Crippen LogP contribution in [0.2, 0.25) is 0 Å². The van der Waals surface area contributed by atoms with Gasteiger partial charge in [-0.2, -0.15) is 12.7 Å². The van der Waals surface area contributed by atoms with E-state index in [0.29, 0.717) is 31.5 Å². The first-order valence-corrected chi connectivity index (χ1v) is 7.94. The fourth-order valence-corrected chi connectivity index (χ4v) is 3.71. The third-order valence-corrected chi connectivity index (χ3v) is 5.34. The van der Waals surface area contributed by atoms with Gasteiger partial charge in [0, 0.05) is 32.7 Å². The lowest BCUT2D eigenvalue weighted by molar-refractivity contribution is 0.0931. The molecule has 0 aliphatic carbocycles. The normalized spacial score (nSPS) is 31.4. The standard InChI is InChI=1S/C11H22N2O4S/c1-13(5-2-6-14)18(15,16)12-8-9-7-10-3-4-11(9)17-10/h9-12,14H,2-8H2,1H3. The maximum Gasteiger partial charge on any atom is 0.279 e. The molecular formula is C11H22N2O4S. The maximum absolute atomic E-state index is 11.9. The topological polar surface area (TPSA) is 78.9 Å². The monoisotopic (exact) mass is 278 g/mol. The van der Waals surface area contributed by atoms with Crippen LogP contribution in [0.15, 0.2) is 0 Å². The number of aliphatic hydroxyl groups excluding tert-OH is 1. The van der Waals surface area contributed by atoms with Crippen molar-refractivity contribution in [3.05, 3.63) is 0 Å². The first-order chi connectivity index (χ1) is 8.53. The number of nitrogens with zero attached hydrogens (tertiary/aromatic N) is 1. The van der Waals surface area contributed by atoms with Crippen LogP contribution in [0.3, 0.4) is 0 Å². The zero-order valence-corrected chi connectivity index (χ0v) is 11.5. The predicted octanol–water partition coefficient (Wildman–Crippen LogP) is -0.297. The fourth-order valence-electron chi connectivity index (χ4n) is 2.69. The van der Waals surface area contributed by atoms with Gasteiger partial charge in [0.1, 0.15) is 0 Å². The molecule has 0 amide bonds. The predicted molar refractivity (Wildman–Crippen MR) is 67.3 cm³/mol. The highest BCUT2D eigenvalue weighted by Gasteiger charge is 2.40. The number of nitrogens with one attached hydrogen (secondary N) is 1. The summed E-state index contributed by atoms with van der Waals surface area (Å²) in [6.45, 7) is 0.784. The Labute approximate surface area is 108 Å². The fraction of sp³-hybridized carbons (Fsp3) is 1.00. The molecule has 0 aromatic rings. The van der Waals surface area contributed by atoms with E-state index in [9.17, 15) is 8.42 Å². The number of rotatable bonds is 7. The van der Waals surface area contributed by atoms with Crippen molar-refractivity contribution < 1.29 is 18.3 Å². The Hall–Kier alpha value is -0.210. The second-order valence-electron chi connectivity index (χ2n) is 5.12. The molecule has 2 saturated heterocycles. The SMILES string of the molecule is CN(CCCO)S(=O)(=O)NCC1CC2CCC1O2. The van der Waals surface area contributed by atoms with E-state index in [-0.39, 0.29) is 12.7 Å². The van der Waals surface area contributed by atoms with E-state index in [0.717, 1.165) is 19.3 Å². The van der Waals surface area contributed by atoms with Gasteiger partial charge in [-0.3, -0.25) is 0 Å². The highest BCUT2D eigenvalue weighted by Crippen LogP contribution is 2.38. The van der Waals surface area contributed by atoms with Crippen molar-refractivity contribution in [2.45, 2.75) is 37.9 Å². The zero-order valence-electron chi connectivity index (χ0n) is 10.7.